The molecule has 32 heavy (non-hydrogen) atoms. The summed E-state index contributed by atoms with van der Waals surface area (Å²) < 4.78 is 10.9. The van der Waals surface area contributed by atoms with Crippen molar-refractivity contribution < 1.29 is 14.3 Å². The zero-order valence-corrected chi connectivity index (χ0v) is 18.7. The number of hydrogen-bond donors (Lipinski definition) is 2. The predicted octanol–water partition coefficient (Wildman–Crippen LogP) is 3.86. The molecule has 1 aliphatic heterocycles. The lowest BCUT2D eigenvalue weighted by molar-refractivity contribution is 0.0162. The summed E-state index contributed by atoms with van der Waals surface area (Å²) in [7, 11) is 1.67. The molecular formula is C26H31N3O3. The van der Waals surface area contributed by atoms with Gasteiger partial charge < -0.3 is 19.8 Å². The van der Waals surface area contributed by atoms with E-state index in [1.54, 1.807) is 7.11 Å². The Bertz CT molecular complexity index is 1080. The molecule has 1 aliphatic carbocycles. The Morgan fingerprint density at radius 3 is 2.69 bits per heavy atom. The van der Waals surface area contributed by atoms with Gasteiger partial charge in [0.2, 0.25) is 0 Å². The summed E-state index contributed by atoms with van der Waals surface area (Å²) in [5.74, 6) is 0.811. The summed E-state index contributed by atoms with van der Waals surface area (Å²) in [4.78, 5) is 19.0. The van der Waals surface area contributed by atoms with Crippen molar-refractivity contribution in [3.05, 3.63) is 64.8 Å². The van der Waals surface area contributed by atoms with E-state index in [1.807, 2.05) is 24.3 Å². The highest BCUT2D eigenvalue weighted by molar-refractivity contribution is 5.99. The van der Waals surface area contributed by atoms with Crippen LogP contribution in [0.3, 0.4) is 0 Å². The molecule has 3 aromatic rings. The summed E-state index contributed by atoms with van der Waals surface area (Å²) in [5, 5.41) is 4.40. The van der Waals surface area contributed by atoms with Crippen molar-refractivity contribution in [2.24, 2.45) is 0 Å². The number of rotatable bonds is 6. The van der Waals surface area contributed by atoms with Gasteiger partial charge in [0.05, 0.1) is 26.4 Å². The lowest BCUT2D eigenvalue weighted by atomic mass is 9.95. The summed E-state index contributed by atoms with van der Waals surface area (Å²) in [5.41, 5.74) is 5.77. The lowest BCUT2D eigenvalue weighted by Crippen LogP contribution is -2.43. The van der Waals surface area contributed by atoms with Crippen LogP contribution in [0.4, 0.5) is 0 Å². The molecule has 1 fully saturated rings. The molecule has 1 saturated heterocycles. The first kappa shape index (κ1) is 21.0. The lowest BCUT2D eigenvalue weighted by Gasteiger charge is -2.35. The predicted molar refractivity (Wildman–Crippen MR) is 125 cm³/mol. The number of aromatic nitrogens is 1. The van der Waals surface area contributed by atoms with Crippen LogP contribution in [-0.2, 0) is 17.6 Å². The zero-order chi connectivity index (χ0) is 21.9. The molecule has 0 saturated carbocycles. The summed E-state index contributed by atoms with van der Waals surface area (Å²) in [6.45, 7) is 3.70. The van der Waals surface area contributed by atoms with Gasteiger partial charge in [-0.15, -0.1) is 0 Å². The molecule has 1 atom stereocenters. The molecule has 168 valence electrons. The Morgan fingerprint density at radius 2 is 1.91 bits per heavy atom. The van der Waals surface area contributed by atoms with Crippen molar-refractivity contribution in [3.8, 4) is 5.75 Å². The molecule has 2 aliphatic rings. The molecule has 2 heterocycles. The van der Waals surface area contributed by atoms with E-state index in [0.717, 1.165) is 56.0 Å². The van der Waals surface area contributed by atoms with Crippen LogP contribution in [0.15, 0.2) is 42.5 Å². The van der Waals surface area contributed by atoms with Gasteiger partial charge >= 0.3 is 0 Å². The molecule has 0 bridgehead atoms. The molecule has 2 aromatic carbocycles. The van der Waals surface area contributed by atoms with E-state index in [9.17, 15) is 4.79 Å². The van der Waals surface area contributed by atoms with Gasteiger partial charge in [-0.2, -0.15) is 0 Å². The van der Waals surface area contributed by atoms with Crippen LogP contribution in [0.25, 0.3) is 10.9 Å². The molecule has 1 amide bonds. The Hall–Kier alpha value is -2.83. The largest absolute Gasteiger partial charge is 0.497 e. The van der Waals surface area contributed by atoms with Crippen LogP contribution < -0.4 is 10.1 Å². The molecule has 0 unspecified atom stereocenters. The number of fused-ring (bicyclic) bond motifs is 3. The van der Waals surface area contributed by atoms with E-state index in [1.165, 1.54) is 35.0 Å². The van der Waals surface area contributed by atoms with Crippen LogP contribution in [-0.4, -0.2) is 55.7 Å². The first-order valence-corrected chi connectivity index (χ1v) is 11.6. The third kappa shape index (κ3) is 4.25. The number of aryl methyl sites for hydroxylation is 2. The second-order valence-electron chi connectivity index (χ2n) is 8.70. The number of aromatic amines is 1. The number of carbonyl (C=O) groups is 1. The van der Waals surface area contributed by atoms with Crippen molar-refractivity contribution in [3.63, 3.8) is 0 Å². The third-order valence-electron chi connectivity index (χ3n) is 6.80. The molecule has 6 nitrogen and oxygen atoms in total. The van der Waals surface area contributed by atoms with E-state index < -0.39 is 0 Å². The molecular weight excluding hydrogens is 402 g/mol. The number of amides is 1. The van der Waals surface area contributed by atoms with E-state index >= 15 is 0 Å². The number of ether oxygens (including phenoxy) is 2. The monoisotopic (exact) mass is 433 g/mol. The third-order valence-corrected chi connectivity index (χ3v) is 6.80. The van der Waals surface area contributed by atoms with Gasteiger partial charge in [-0.05, 0) is 67.1 Å². The van der Waals surface area contributed by atoms with Crippen molar-refractivity contribution in [1.29, 1.82) is 0 Å². The van der Waals surface area contributed by atoms with E-state index in [0.29, 0.717) is 6.54 Å². The number of H-pyrrole nitrogens is 1. The standard InChI is InChI=1S/C26H31N3O3/c1-31-20-9-6-18(7-10-20)25(29-12-14-32-15-13-29)17-27-26(30)19-8-11-24-22(16-19)21-4-2-3-5-23(21)28-24/h6-11,16,25,28H,2-5,12-15,17H2,1H3,(H,27,30)/t25-/m0/s1. The topological polar surface area (TPSA) is 66.6 Å². The van der Waals surface area contributed by atoms with E-state index in [4.69, 9.17) is 9.47 Å². The zero-order valence-electron chi connectivity index (χ0n) is 18.7. The van der Waals surface area contributed by atoms with Gasteiger partial charge in [0.15, 0.2) is 0 Å². The maximum Gasteiger partial charge on any atom is 0.251 e. The second kappa shape index (κ2) is 9.35. The van der Waals surface area contributed by atoms with Crippen molar-refractivity contribution >= 4 is 16.8 Å². The van der Waals surface area contributed by atoms with Gasteiger partial charge in [-0.25, -0.2) is 0 Å². The SMILES string of the molecule is COc1ccc([C@H](CNC(=O)c2ccc3[nH]c4c(c3c2)CCCC4)N2CCOCC2)cc1. The Balaban J connectivity index is 1.34. The van der Waals surface area contributed by atoms with Gasteiger partial charge in [0.25, 0.3) is 5.91 Å². The number of methoxy groups -OCH3 is 1. The average molecular weight is 434 g/mol. The maximum atomic E-state index is 13.1. The van der Waals surface area contributed by atoms with Crippen LogP contribution in [0.5, 0.6) is 5.75 Å². The second-order valence-corrected chi connectivity index (χ2v) is 8.70. The molecule has 6 heteroatoms. The molecule has 0 spiro atoms. The fourth-order valence-corrected chi connectivity index (χ4v) is 5.01. The minimum absolute atomic E-state index is 0.0237. The molecule has 5 rings (SSSR count). The molecule has 1 aromatic heterocycles. The normalized spacial score (nSPS) is 17.7. The summed E-state index contributed by atoms with van der Waals surface area (Å²) in [6, 6.07) is 14.3. The fraction of sp³-hybridized carbons (Fsp3) is 0.423. The number of benzene rings is 2. The van der Waals surface area contributed by atoms with E-state index in [-0.39, 0.29) is 11.9 Å². The highest BCUT2D eigenvalue weighted by Crippen LogP contribution is 2.30. The number of nitrogens with zero attached hydrogens (tertiary/aromatic N) is 1. The van der Waals surface area contributed by atoms with E-state index in [2.05, 4.69) is 33.4 Å². The highest BCUT2D eigenvalue weighted by Gasteiger charge is 2.24. The Labute approximate surface area is 188 Å². The van der Waals surface area contributed by atoms with Crippen LogP contribution >= 0.6 is 0 Å². The smallest absolute Gasteiger partial charge is 0.251 e. The Kier molecular flexibility index (Phi) is 6.14. The summed E-state index contributed by atoms with van der Waals surface area (Å²) >= 11 is 0. The van der Waals surface area contributed by atoms with Crippen molar-refractivity contribution in [1.82, 2.24) is 15.2 Å². The quantitative estimate of drug-likeness (QED) is 0.620. The summed E-state index contributed by atoms with van der Waals surface area (Å²) in [6.07, 6.45) is 4.66. The van der Waals surface area contributed by atoms with Gasteiger partial charge in [-0.3, -0.25) is 9.69 Å². The minimum Gasteiger partial charge on any atom is -0.497 e. The number of hydrogen-bond acceptors (Lipinski definition) is 4. The van der Waals surface area contributed by atoms with Gasteiger partial charge in [-0.1, -0.05) is 12.1 Å². The fourth-order valence-electron chi connectivity index (χ4n) is 5.01. The first-order chi connectivity index (χ1) is 15.7. The van der Waals surface area contributed by atoms with Gasteiger partial charge in [0.1, 0.15) is 5.75 Å². The highest BCUT2D eigenvalue weighted by atomic mass is 16.5. The van der Waals surface area contributed by atoms with Crippen LogP contribution in [0.1, 0.15) is 46.1 Å². The van der Waals surface area contributed by atoms with Crippen LogP contribution in [0.2, 0.25) is 0 Å². The number of carbonyl (C=O) groups excluding carboxylic acids is 1. The van der Waals surface area contributed by atoms with Gasteiger partial charge in [0, 0.05) is 41.8 Å². The number of morpholine rings is 1. The van der Waals surface area contributed by atoms with Crippen LogP contribution in [0, 0.1) is 0 Å². The Morgan fingerprint density at radius 1 is 1.12 bits per heavy atom. The molecule has 2 N–H and O–H groups in total. The van der Waals surface area contributed by atoms with Crippen molar-refractivity contribution in [2.45, 2.75) is 31.7 Å². The first-order valence-electron chi connectivity index (χ1n) is 11.6. The van der Waals surface area contributed by atoms with Crippen molar-refractivity contribution in [2.75, 3.05) is 40.0 Å². The minimum atomic E-state index is -0.0237. The average Bonchev–Trinajstić information content (AvgIpc) is 3.23. The maximum absolute atomic E-state index is 13.1. The molecule has 0 radical (unpaired) electrons. The number of nitrogens with one attached hydrogen (secondary N) is 2.